The second-order valence-corrected chi connectivity index (χ2v) is 3.56. The summed E-state index contributed by atoms with van der Waals surface area (Å²) in [5.74, 6) is 1.58. The highest BCUT2D eigenvalue weighted by molar-refractivity contribution is 4.75. The predicted molar refractivity (Wildman–Crippen MR) is 47.8 cm³/mol. The number of unbranched alkanes of at least 4 members (excludes halogenated alkanes) is 1. The summed E-state index contributed by atoms with van der Waals surface area (Å²) in [6.07, 6.45) is 6.52. The van der Waals surface area contributed by atoms with Gasteiger partial charge in [0.05, 0.1) is 0 Å². The Morgan fingerprint density at radius 3 is 2.20 bits per heavy atom. The molecule has 61 valence electrons. The summed E-state index contributed by atoms with van der Waals surface area (Å²) in [4.78, 5) is 0. The molecular formula is C10H21. The molecule has 0 aromatic rings. The summed E-state index contributed by atoms with van der Waals surface area (Å²) < 4.78 is 0. The fourth-order valence-electron chi connectivity index (χ4n) is 1.28. The van der Waals surface area contributed by atoms with Crippen molar-refractivity contribution in [2.45, 2.75) is 47.0 Å². The van der Waals surface area contributed by atoms with E-state index in [1.165, 1.54) is 19.3 Å². The van der Waals surface area contributed by atoms with E-state index in [1.54, 1.807) is 0 Å². The lowest BCUT2D eigenvalue weighted by Gasteiger charge is -2.11. The van der Waals surface area contributed by atoms with Crippen molar-refractivity contribution in [3.63, 3.8) is 0 Å². The Morgan fingerprint density at radius 2 is 1.80 bits per heavy atom. The van der Waals surface area contributed by atoms with Crippen LogP contribution in [0.25, 0.3) is 0 Å². The van der Waals surface area contributed by atoms with Gasteiger partial charge in [0.25, 0.3) is 0 Å². The number of hydrogen-bond donors (Lipinski definition) is 0. The van der Waals surface area contributed by atoms with Gasteiger partial charge in [-0.2, -0.15) is 0 Å². The molecule has 0 aliphatic heterocycles. The van der Waals surface area contributed by atoms with Crippen LogP contribution >= 0.6 is 0 Å². The van der Waals surface area contributed by atoms with Crippen molar-refractivity contribution in [2.24, 2.45) is 11.8 Å². The van der Waals surface area contributed by atoms with Crippen LogP contribution in [-0.4, -0.2) is 0 Å². The summed E-state index contributed by atoms with van der Waals surface area (Å²) in [6, 6.07) is 0. The van der Waals surface area contributed by atoms with E-state index >= 15 is 0 Å². The maximum Gasteiger partial charge on any atom is -0.0332 e. The van der Waals surface area contributed by atoms with E-state index in [0.29, 0.717) is 0 Å². The van der Waals surface area contributed by atoms with Gasteiger partial charge in [-0.05, 0) is 18.3 Å². The van der Waals surface area contributed by atoms with E-state index in [2.05, 4.69) is 34.1 Å². The first kappa shape index (κ1) is 10.0. The van der Waals surface area contributed by atoms with Crippen molar-refractivity contribution in [1.82, 2.24) is 0 Å². The van der Waals surface area contributed by atoms with Gasteiger partial charge in [0, 0.05) is 0 Å². The average molecular weight is 141 g/mol. The Kier molecular flexibility index (Phi) is 5.76. The third-order valence-corrected chi connectivity index (χ3v) is 1.73. The van der Waals surface area contributed by atoms with Gasteiger partial charge in [0.15, 0.2) is 0 Å². The Labute approximate surface area is 66.0 Å². The van der Waals surface area contributed by atoms with Crippen molar-refractivity contribution >= 4 is 0 Å². The molecule has 0 amide bonds. The molecule has 1 unspecified atom stereocenters. The van der Waals surface area contributed by atoms with Crippen LogP contribution in [-0.2, 0) is 0 Å². The van der Waals surface area contributed by atoms with Gasteiger partial charge in [-0.15, -0.1) is 0 Å². The van der Waals surface area contributed by atoms with Gasteiger partial charge >= 0.3 is 0 Å². The summed E-state index contributed by atoms with van der Waals surface area (Å²) in [6.45, 7) is 9.07. The highest BCUT2D eigenvalue weighted by Gasteiger charge is 2.03. The van der Waals surface area contributed by atoms with Crippen molar-refractivity contribution in [3.8, 4) is 0 Å². The molecule has 0 aliphatic rings. The second-order valence-electron chi connectivity index (χ2n) is 3.56. The lowest BCUT2D eigenvalue weighted by atomic mass is 9.94. The lowest BCUT2D eigenvalue weighted by molar-refractivity contribution is 0.513. The zero-order valence-corrected chi connectivity index (χ0v) is 7.85. The summed E-state index contributed by atoms with van der Waals surface area (Å²) in [7, 11) is 0. The normalized spacial score (nSPS) is 14.1. The van der Waals surface area contributed by atoms with Gasteiger partial charge in [0.2, 0.25) is 0 Å². The third-order valence-electron chi connectivity index (χ3n) is 1.73. The van der Waals surface area contributed by atoms with E-state index < -0.39 is 0 Å². The standard InChI is InChI=1S/C10H21/c1-5-6-7-10(4)8-9(2)3/h8-10H,5-7H2,1-4H3. The molecule has 1 radical (unpaired) electrons. The van der Waals surface area contributed by atoms with Crippen molar-refractivity contribution in [3.05, 3.63) is 6.42 Å². The van der Waals surface area contributed by atoms with Crippen molar-refractivity contribution in [2.75, 3.05) is 0 Å². The zero-order chi connectivity index (χ0) is 7.98. The maximum atomic E-state index is 2.44. The minimum atomic E-state index is 0.756. The van der Waals surface area contributed by atoms with Crippen molar-refractivity contribution in [1.29, 1.82) is 0 Å². The molecule has 0 saturated carbocycles. The van der Waals surface area contributed by atoms with Crippen molar-refractivity contribution < 1.29 is 0 Å². The molecule has 0 rings (SSSR count). The topological polar surface area (TPSA) is 0 Å². The first-order chi connectivity index (χ1) is 4.66. The largest absolute Gasteiger partial charge is 0.0654 e. The van der Waals surface area contributed by atoms with E-state index in [0.717, 1.165) is 11.8 Å². The maximum absolute atomic E-state index is 2.44. The van der Waals surface area contributed by atoms with Crippen LogP contribution < -0.4 is 0 Å². The average Bonchev–Trinajstić information content (AvgIpc) is 1.82. The van der Waals surface area contributed by atoms with Crippen LogP contribution in [0.5, 0.6) is 0 Å². The first-order valence-electron chi connectivity index (χ1n) is 4.51. The molecule has 10 heavy (non-hydrogen) atoms. The van der Waals surface area contributed by atoms with Crippen LogP contribution in [0.2, 0.25) is 0 Å². The molecule has 0 aromatic heterocycles. The molecule has 0 spiro atoms. The molecular weight excluding hydrogens is 120 g/mol. The molecule has 0 saturated heterocycles. The van der Waals surface area contributed by atoms with Gasteiger partial charge in [0.1, 0.15) is 0 Å². The SMILES string of the molecule is CCCCC(C)[CH]C(C)C. The minimum absolute atomic E-state index is 0.756. The zero-order valence-electron chi connectivity index (χ0n) is 7.85. The Balaban J connectivity index is 3.16. The molecule has 0 aromatic carbocycles. The molecule has 0 nitrogen and oxygen atoms in total. The predicted octanol–water partition coefficient (Wildman–Crippen LogP) is 3.67. The van der Waals surface area contributed by atoms with Crippen LogP contribution in [0.1, 0.15) is 47.0 Å². The monoisotopic (exact) mass is 141 g/mol. The summed E-state index contributed by atoms with van der Waals surface area (Å²) >= 11 is 0. The molecule has 0 heteroatoms. The van der Waals surface area contributed by atoms with Gasteiger partial charge in [-0.3, -0.25) is 0 Å². The summed E-state index contributed by atoms with van der Waals surface area (Å²) in [5, 5.41) is 0. The first-order valence-corrected chi connectivity index (χ1v) is 4.51. The van der Waals surface area contributed by atoms with E-state index in [9.17, 15) is 0 Å². The molecule has 0 bridgehead atoms. The third kappa shape index (κ3) is 6.12. The quantitative estimate of drug-likeness (QED) is 0.548. The smallest absolute Gasteiger partial charge is 0.0332 e. The van der Waals surface area contributed by atoms with Crippen LogP contribution in [0.4, 0.5) is 0 Å². The van der Waals surface area contributed by atoms with Gasteiger partial charge < -0.3 is 0 Å². The Morgan fingerprint density at radius 1 is 1.20 bits per heavy atom. The van der Waals surface area contributed by atoms with E-state index in [-0.39, 0.29) is 0 Å². The molecule has 0 heterocycles. The van der Waals surface area contributed by atoms with E-state index in [1.807, 2.05) is 0 Å². The lowest BCUT2D eigenvalue weighted by Crippen LogP contribution is -2.00. The highest BCUT2D eigenvalue weighted by Crippen LogP contribution is 2.15. The second kappa shape index (κ2) is 5.76. The van der Waals surface area contributed by atoms with Crippen LogP contribution in [0.15, 0.2) is 0 Å². The fourth-order valence-corrected chi connectivity index (χ4v) is 1.28. The summed E-state index contributed by atoms with van der Waals surface area (Å²) in [5.41, 5.74) is 0. The number of hydrogen-bond acceptors (Lipinski definition) is 0. The van der Waals surface area contributed by atoms with E-state index in [4.69, 9.17) is 0 Å². The molecule has 1 atom stereocenters. The minimum Gasteiger partial charge on any atom is -0.0654 e. The molecule has 0 N–H and O–H groups in total. The Bertz CT molecular complexity index is 64.4. The van der Waals surface area contributed by atoms with Crippen LogP contribution in [0.3, 0.4) is 0 Å². The molecule has 0 aliphatic carbocycles. The van der Waals surface area contributed by atoms with Gasteiger partial charge in [-0.25, -0.2) is 0 Å². The van der Waals surface area contributed by atoms with Crippen LogP contribution in [0, 0.1) is 18.3 Å². The fraction of sp³-hybridized carbons (Fsp3) is 0.900. The highest BCUT2D eigenvalue weighted by atomic mass is 14.1. The number of rotatable bonds is 5. The Hall–Kier alpha value is 0. The van der Waals surface area contributed by atoms with Gasteiger partial charge in [-0.1, -0.05) is 47.0 Å². The molecule has 0 fully saturated rings.